The van der Waals surface area contributed by atoms with Gasteiger partial charge in [0.05, 0.1) is 16.8 Å². The van der Waals surface area contributed by atoms with Crippen molar-refractivity contribution in [1.82, 2.24) is 9.97 Å². The van der Waals surface area contributed by atoms with E-state index in [1.54, 1.807) is 17.3 Å². The molecule has 1 amide bonds. The fraction of sp³-hybridized carbons (Fsp3) is 0.208. The summed E-state index contributed by atoms with van der Waals surface area (Å²) in [5.74, 6) is 1.31. The zero-order valence-electron chi connectivity index (χ0n) is 17.3. The quantitative estimate of drug-likeness (QED) is 0.459. The standard InChI is InChI=1S/C24H21N3O3S/c1-15-5-6-18(10-16(15)2)23(28)27(14-17-4-3-7-25-13-17)24-26-19-11-20-21(12-22(19)31-24)30-9-8-29-20/h3-7,10-13H,8-9,14H2,1-2H3. The molecule has 0 fully saturated rings. The fourth-order valence-corrected chi connectivity index (χ4v) is 4.47. The number of hydrogen-bond donors (Lipinski definition) is 0. The lowest BCUT2D eigenvalue weighted by atomic mass is 10.1. The molecular formula is C24H21N3O3S. The lowest BCUT2D eigenvalue weighted by molar-refractivity contribution is 0.0985. The molecule has 3 heterocycles. The first-order chi connectivity index (χ1) is 15.1. The number of pyridine rings is 1. The lowest BCUT2D eigenvalue weighted by Gasteiger charge is -2.20. The average molecular weight is 432 g/mol. The van der Waals surface area contributed by atoms with Gasteiger partial charge < -0.3 is 9.47 Å². The van der Waals surface area contributed by atoms with Crippen molar-refractivity contribution in [3.63, 3.8) is 0 Å². The molecule has 0 spiro atoms. The van der Waals surface area contributed by atoms with Gasteiger partial charge in [-0.15, -0.1) is 0 Å². The van der Waals surface area contributed by atoms with Crippen molar-refractivity contribution < 1.29 is 14.3 Å². The number of carbonyl (C=O) groups is 1. The fourth-order valence-electron chi connectivity index (χ4n) is 3.50. The van der Waals surface area contributed by atoms with Crippen LogP contribution in [0.2, 0.25) is 0 Å². The van der Waals surface area contributed by atoms with Crippen molar-refractivity contribution in [2.24, 2.45) is 0 Å². The topological polar surface area (TPSA) is 64.6 Å². The summed E-state index contributed by atoms with van der Waals surface area (Å²) in [5, 5.41) is 0.629. The van der Waals surface area contributed by atoms with Crippen LogP contribution >= 0.6 is 11.3 Å². The second-order valence-electron chi connectivity index (χ2n) is 7.51. The summed E-state index contributed by atoms with van der Waals surface area (Å²) in [7, 11) is 0. The normalized spacial score (nSPS) is 12.7. The van der Waals surface area contributed by atoms with Gasteiger partial charge in [-0.3, -0.25) is 14.7 Å². The predicted octanol–water partition coefficient (Wildman–Crippen LogP) is 4.93. The first kappa shape index (κ1) is 19.5. The van der Waals surface area contributed by atoms with E-state index in [1.165, 1.54) is 11.3 Å². The molecule has 156 valence electrons. The minimum atomic E-state index is -0.0942. The van der Waals surface area contributed by atoms with Crippen LogP contribution in [-0.2, 0) is 6.54 Å². The largest absolute Gasteiger partial charge is 0.486 e. The Hall–Kier alpha value is -3.45. The van der Waals surface area contributed by atoms with E-state index < -0.39 is 0 Å². The molecule has 0 bridgehead atoms. The Morgan fingerprint density at radius 2 is 1.87 bits per heavy atom. The van der Waals surface area contributed by atoms with Gasteiger partial charge in [-0.1, -0.05) is 23.5 Å². The van der Waals surface area contributed by atoms with Gasteiger partial charge in [0.25, 0.3) is 5.91 Å². The molecule has 4 aromatic rings. The highest BCUT2D eigenvalue weighted by atomic mass is 32.1. The molecule has 5 rings (SSSR count). The average Bonchev–Trinajstić information content (AvgIpc) is 3.20. The van der Waals surface area contributed by atoms with Gasteiger partial charge in [-0.05, 0) is 48.7 Å². The van der Waals surface area contributed by atoms with E-state index in [9.17, 15) is 4.79 Å². The molecule has 1 aliphatic rings. The Kier molecular flexibility index (Phi) is 5.03. The van der Waals surface area contributed by atoms with Crippen LogP contribution in [0.25, 0.3) is 10.2 Å². The van der Waals surface area contributed by atoms with Gasteiger partial charge in [-0.25, -0.2) is 4.98 Å². The van der Waals surface area contributed by atoms with Gasteiger partial charge in [0.2, 0.25) is 0 Å². The number of thiazole rings is 1. The van der Waals surface area contributed by atoms with E-state index >= 15 is 0 Å². The third-order valence-electron chi connectivity index (χ3n) is 5.33. The van der Waals surface area contributed by atoms with Crippen LogP contribution in [0, 0.1) is 13.8 Å². The monoisotopic (exact) mass is 431 g/mol. The molecule has 0 aliphatic carbocycles. The first-order valence-electron chi connectivity index (χ1n) is 10.1. The second-order valence-corrected chi connectivity index (χ2v) is 8.52. The summed E-state index contributed by atoms with van der Waals surface area (Å²) in [6, 6.07) is 13.4. The van der Waals surface area contributed by atoms with Crippen molar-refractivity contribution in [2.45, 2.75) is 20.4 Å². The van der Waals surface area contributed by atoms with E-state index in [0.717, 1.165) is 26.9 Å². The zero-order chi connectivity index (χ0) is 21.4. The number of aromatic nitrogens is 2. The molecule has 0 saturated carbocycles. The number of benzene rings is 2. The minimum Gasteiger partial charge on any atom is -0.486 e. The molecule has 6 nitrogen and oxygen atoms in total. The number of carbonyl (C=O) groups excluding carboxylic acids is 1. The van der Waals surface area contributed by atoms with Crippen LogP contribution < -0.4 is 14.4 Å². The van der Waals surface area contributed by atoms with Crippen LogP contribution in [-0.4, -0.2) is 29.1 Å². The lowest BCUT2D eigenvalue weighted by Crippen LogP contribution is -2.30. The minimum absolute atomic E-state index is 0.0942. The molecule has 0 unspecified atom stereocenters. The van der Waals surface area contributed by atoms with Crippen molar-refractivity contribution in [3.8, 4) is 11.5 Å². The molecule has 0 atom stereocenters. The first-order valence-corrected chi connectivity index (χ1v) is 10.9. The molecule has 1 aliphatic heterocycles. The van der Waals surface area contributed by atoms with Gasteiger partial charge in [0, 0.05) is 30.1 Å². The van der Waals surface area contributed by atoms with Crippen molar-refractivity contribution >= 4 is 32.6 Å². The molecule has 31 heavy (non-hydrogen) atoms. The van der Waals surface area contributed by atoms with E-state index in [0.29, 0.717) is 42.0 Å². The highest BCUT2D eigenvalue weighted by molar-refractivity contribution is 7.22. The van der Waals surface area contributed by atoms with Gasteiger partial charge in [0.15, 0.2) is 16.6 Å². The molecule has 7 heteroatoms. The molecule has 2 aromatic heterocycles. The van der Waals surface area contributed by atoms with Gasteiger partial charge in [-0.2, -0.15) is 0 Å². The summed E-state index contributed by atoms with van der Waals surface area (Å²) in [4.78, 5) is 24.3. The Bertz CT molecular complexity index is 1230. The number of fused-ring (bicyclic) bond motifs is 2. The third kappa shape index (κ3) is 3.84. The van der Waals surface area contributed by atoms with E-state index in [4.69, 9.17) is 14.5 Å². The maximum absolute atomic E-state index is 13.6. The number of ether oxygens (including phenoxy) is 2. The van der Waals surface area contributed by atoms with Crippen LogP contribution in [0.15, 0.2) is 54.9 Å². The highest BCUT2D eigenvalue weighted by Crippen LogP contribution is 2.39. The Balaban J connectivity index is 1.57. The van der Waals surface area contributed by atoms with E-state index in [1.807, 2.05) is 56.3 Å². The van der Waals surface area contributed by atoms with E-state index in [2.05, 4.69) is 4.98 Å². The SMILES string of the molecule is Cc1ccc(C(=O)N(Cc2cccnc2)c2nc3cc4c(cc3s2)OCCO4)cc1C. The molecule has 2 aromatic carbocycles. The summed E-state index contributed by atoms with van der Waals surface area (Å²) in [6.07, 6.45) is 3.50. The van der Waals surface area contributed by atoms with Crippen molar-refractivity contribution in [1.29, 1.82) is 0 Å². The van der Waals surface area contributed by atoms with E-state index in [-0.39, 0.29) is 5.91 Å². The number of nitrogens with zero attached hydrogens (tertiary/aromatic N) is 3. The number of hydrogen-bond acceptors (Lipinski definition) is 6. The third-order valence-corrected chi connectivity index (χ3v) is 6.38. The van der Waals surface area contributed by atoms with Crippen LogP contribution in [0.5, 0.6) is 11.5 Å². The number of aryl methyl sites for hydroxylation is 2. The smallest absolute Gasteiger partial charge is 0.260 e. The maximum Gasteiger partial charge on any atom is 0.260 e. The summed E-state index contributed by atoms with van der Waals surface area (Å²) >= 11 is 1.47. The van der Waals surface area contributed by atoms with Gasteiger partial charge in [0.1, 0.15) is 13.2 Å². The predicted molar refractivity (Wildman–Crippen MR) is 121 cm³/mol. The number of anilines is 1. The Labute approximate surface area is 184 Å². The molecule has 0 radical (unpaired) electrons. The molecule has 0 N–H and O–H groups in total. The Morgan fingerprint density at radius 3 is 2.61 bits per heavy atom. The second kappa shape index (κ2) is 8.00. The van der Waals surface area contributed by atoms with Crippen molar-refractivity contribution in [2.75, 3.05) is 18.1 Å². The molecule has 0 saturated heterocycles. The summed E-state index contributed by atoms with van der Waals surface area (Å²) < 4.78 is 12.3. The van der Waals surface area contributed by atoms with Crippen LogP contribution in [0.3, 0.4) is 0 Å². The Morgan fingerprint density at radius 1 is 1.06 bits per heavy atom. The number of rotatable bonds is 4. The van der Waals surface area contributed by atoms with Crippen LogP contribution in [0.1, 0.15) is 27.0 Å². The van der Waals surface area contributed by atoms with Crippen LogP contribution in [0.4, 0.5) is 5.13 Å². The summed E-state index contributed by atoms with van der Waals surface area (Å²) in [6.45, 7) is 5.48. The summed E-state index contributed by atoms with van der Waals surface area (Å²) in [5.41, 5.74) is 4.59. The molecular weight excluding hydrogens is 410 g/mol. The van der Waals surface area contributed by atoms with Crippen molar-refractivity contribution in [3.05, 3.63) is 77.1 Å². The number of amides is 1. The van der Waals surface area contributed by atoms with Gasteiger partial charge >= 0.3 is 0 Å². The zero-order valence-corrected chi connectivity index (χ0v) is 18.1. The highest BCUT2D eigenvalue weighted by Gasteiger charge is 2.23. The maximum atomic E-state index is 13.6.